The number of nitrogens with two attached hydrogens (primary N) is 1. The van der Waals surface area contributed by atoms with E-state index in [-0.39, 0.29) is 11.9 Å². The second-order valence-corrected chi connectivity index (χ2v) is 5.62. The summed E-state index contributed by atoms with van der Waals surface area (Å²) >= 11 is 0. The molecule has 1 amide bonds. The number of hydrogen-bond acceptors (Lipinski definition) is 4. The van der Waals surface area contributed by atoms with Crippen molar-refractivity contribution in [2.75, 3.05) is 6.54 Å². The fraction of sp³-hybridized carbons (Fsp3) is 0.733. The zero-order valence-corrected chi connectivity index (χ0v) is 12.8. The Morgan fingerprint density at radius 2 is 2.15 bits per heavy atom. The van der Waals surface area contributed by atoms with E-state index in [1.54, 1.807) is 0 Å². The lowest BCUT2D eigenvalue weighted by molar-refractivity contribution is 0.0948. The van der Waals surface area contributed by atoms with Crippen LogP contribution >= 0.6 is 0 Å². The zero-order valence-electron chi connectivity index (χ0n) is 12.8. The van der Waals surface area contributed by atoms with Gasteiger partial charge in [-0.2, -0.15) is 0 Å². The van der Waals surface area contributed by atoms with Gasteiger partial charge >= 0.3 is 0 Å². The average molecular weight is 281 g/mol. The Labute approximate surface area is 121 Å². The Hall–Kier alpha value is -1.36. The predicted molar refractivity (Wildman–Crippen MR) is 79.4 cm³/mol. The van der Waals surface area contributed by atoms with E-state index in [0.717, 1.165) is 19.3 Å². The average Bonchev–Trinajstić information content (AvgIpc) is 2.87. The van der Waals surface area contributed by atoms with E-state index >= 15 is 0 Å². The van der Waals surface area contributed by atoms with E-state index < -0.39 is 0 Å². The van der Waals surface area contributed by atoms with Gasteiger partial charge in [0.15, 0.2) is 5.69 Å². The lowest BCUT2D eigenvalue weighted by Gasteiger charge is -2.09. The third-order valence-corrected chi connectivity index (χ3v) is 3.11. The second kappa shape index (κ2) is 8.74. The summed E-state index contributed by atoms with van der Waals surface area (Å²) in [5, 5.41) is 2.85. The Kier molecular flexibility index (Phi) is 7.30. The number of unbranched alkanes of at least 4 members (excludes halogenated alkanes) is 3. The summed E-state index contributed by atoms with van der Waals surface area (Å²) < 4.78 is 5.30. The van der Waals surface area contributed by atoms with Crippen LogP contribution in [0.2, 0.25) is 0 Å². The molecule has 0 saturated heterocycles. The second-order valence-electron chi connectivity index (χ2n) is 5.62. The molecule has 0 fully saturated rings. The van der Waals surface area contributed by atoms with Crippen molar-refractivity contribution in [3.8, 4) is 0 Å². The van der Waals surface area contributed by atoms with Gasteiger partial charge in [0.05, 0.1) is 6.04 Å². The van der Waals surface area contributed by atoms with Crippen molar-refractivity contribution in [3.63, 3.8) is 0 Å². The van der Waals surface area contributed by atoms with Gasteiger partial charge in [0.25, 0.3) is 5.91 Å². The molecular formula is C15H27N3O2. The van der Waals surface area contributed by atoms with Crippen LogP contribution in [-0.2, 0) is 0 Å². The molecule has 1 atom stereocenters. The minimum absolute atomic E-state index is 0.187. The quantitative estimate of drug-likeness (QED) is 0.682. The summed E-state index contributed by atoms with van der Waals surface area (Å²) in [6, 6.07) is -0.249. The maximum atomic E-state index is 11.9. The first-order valence-corrected chi connectivity index (χ1v) is 7.53. The molecule has 0 aliphatic heterocycles. The smallest absolute Gasteiger partial charge is 0.273 e. The van der Waals surface area contributed by atoms with Gasteiger partial charge < -0.3 is 15.5 Å². The Balaban J connectivity index is 2.40. The molecule has 0 bridgehead atoms. The third-order valence-electron chi connectivity index (χ3n) is 3.11. The van der Waals surface area contributed by atoms with Gasteiger partial charge in [0.2, 0.25) is 5.89 Å². The van der Waals surface area contributed by atoms with Crippen molar-refractivity contribution in [2.24, 2.45) is 11.7 Å². The zero-order chi connectivity index (χ0) is 15.0. The minimum Gasteiger partial charge on any atom is -0.446 e. The monoisotopic (exact) mass is 281 g/mol. The number of oxazole rings is 1. The summed E-state index contributed by atoms with van der Waals surface area (Å²) in [7, 11) is 0. The molecule has 0 spiro atoms. The summed E-state index contributed by atoms with van der Waals surface area (Å²) in [6.45, 7) is 7.02. The summed E-state index contributed by atoms with van der Waals surface area (Å²) in [5.41, 5.74) is 6.29. The van der Waals surface area contributed by atoms with E-state index in [9.17, 15) is 4.79 Å². The molecule has 0 aromatic carbocycles. The van der Waals surface area contributed by atoms with E-state index in [1.165, 1.54) is 19.1 Å². The lowest BCUT2D eigenvalue weighted by Crippen LogP contribution is -2.25. The number of rotatable bonds is 9. The van der Waals surface area contributed by atoms with Crippen LogP contribution < -0.4 is 11.1 Å². The molecule has 0 aliphatic carbocycles. The largest absolute Gasteiger partial charge is 0.446 e. The van der Waals surface area contributed by atoms with Crippen LogP contribution in [0.1, 0.15) is 75.3 Å². The molecule has 3 N–H and O–H groups in total. The van der Waals surface area contributed by atoms with Crippen molar-refractivity contribution in [1.29, 1.82) is 0 Å². The molecule has 1 aromatic heterocycles. The van der Waals surface area contributed by atoms with Gasteiger partial charge in [-0.15, -0.1) is 0 Å². The third kappa shape index (κ3) is 5.74. The molecular weight excluding hydrogens is 254 g/mol. The maximum absolute atomic E-state index is 11.9. The van der Waals surface area contributed by atoms with Crippen molar-refractivity contribution in [3.05, 3.63) is 17.8 Å². The van der Waals surface area contributed by atoms with Crippen LogP contribution in [0.3, 0.4) is 0 Å². The van der Waals surface area contributed by atoms with Crippen LogP contribution in [0.4, 0.5) is 0 Å². The van der Waals surface area contributed by atoms with Crippen molar-refractivity contribution >= 4 is 5.91 Å². The normalized spacial score (nSPS) is 12.7. The highest BCUT2D eigenvalue weighted by molar-refractivity contribution is 5.91. The molecule has 0 saturated carbocycles. The molecule has 20 heavy (non-hydrogen) atoms. The van der Waals surface area contributed by atoms with E-state index in [0.29, 0.717) is 24.0 Å². The van der Waals surface area contributed by atoms with E-state index in [1.807, 2.05) is 0 Å². The molecule has 5 heteroatoms. The molecule has 1 heterocycles. The standard InChI is InChI=1S/C15H27N3O2/c1-4-5-6-7-8-17-14(19)13-10-20-15(18-13)12(16)9-11(2)3/h10-12H,4-9,16H2,1-3H3,(H,17,19). The van der Waals surface area contributed by atoms with Crippen LogP contribution in [0, 0.1) is 5.92 Å². The van der Waals surface area contributed by atoms with Crippen LogP contribution in [-0.4, -0.2) is 17.4 Å². The van der Waals surface area contributed by atoms with Gasteiger partial charge in [-0.05, 0) is 18.8 Å². The molecule has 1 unspecified atom stereocenters. The minimum atomic E-state index is -0.249. The van der Waals surface area contributed by atoms with Crippen LogP contribution in [0.15, 0.2) is 10.7 Å². The van der Waals surface area contributed by atoms with Gasteiger partial charge in [-0.25, -0.2) is 4.98 Å². The summed E-state index contributed by atoms with van der Waals surface area (Å²) in [4.78, 5) is 16.0. The fourth-order valence-electron chi connectivity index (χ4n) is 2.02. The van der Waals surface area contributed by atoms with Crippen molar-refractivity contribution in [2.45, 2.75) is 58.9 Å². The maximum Gasteiger partial charge on any atom is 0.273 e. The lowest BCUT2D eigenvalue weighted by atomic mass is 10.0. The van der Waals surface area contributed by atoms with Crippen LogP contribution in [0.25, 0.3) is 0 Å². The van der Waals surface area contributed by atoms with Gasteiger partial charge in [-0.3, -0.25) is 4.79 Å². The highest BCUT2D eigenvalue weighted by Crippen LogP contribution is 2.18. The highest BCUT2D eigenvalue weighted by Gasteiger charge is 2.17. The number of hydrogen-bond donors (Lipinski definition) is 2. The van der Waals surface area contributed by atoms with Crippen molar-refractivity contribution < 1.29 is 9.21 Å². The number of nitrogens with one attached hydrogen (secondary N) is 1. The fourth-order valence-corrected chi connectivity index (χ4v) is 2.02. The topological polar surface area (TPSA) is 81.2 Å². The summed E-state index contributed by atoms with van der Waals surface area (Å²) in [5.74, 6) is 0.718. The van der Waals surface area contributed by atoms with Gasteiger partial charge in [0, 0.05) is 6.54 Å². The molecule has 1 aromatic rings. The predicted octanol–water partition coefficient (Wildman–Crippen LogP) is 3.03. The first-order valence-electron chi connectivity index (χ1n) is 7.53. The Bertz CT molecular complexity index is 402. The number of carbonyl (C=O) groups is 1. The van der Waals surface area contributed by atoms with Gasteiger partial charge in [0.1, 0.15) is 6.26 Å². The van der Waals surface area contributed by atoms with Crippen molar-refractivity contribution in [1.82, 2.24) is 10.3 Å². The molecule has 0 aliphatic rings. The van der Waals surface area contributed by atoms with E-state index in [2.05, 4.69) is 31.1 Å². The van der Waals surface area contributed by atoms with Crippen LogP contribution in [0.5, 0.6) is 0 Å². The number of nitrogens with zero attached hydrogens (tertiary/aromatic N) is 1. The number of amides is 1. The molecule has 0 radical (unpaired) electrons. The van der Waals surface area contributed by atoms with Gasteiger partial charge in [-0.1, -0.05) is 40.0 Å². The number of aromatic nitrogens is 1. The molecule has 5 nitrogen and oxygen atoms in total. The first kappa shape index (κ1) is 16.7. The first-order chi connectivity index (χ1) is 9.54. The Morgan fingerprint density at radius 3 is 2.80 bits per heavy atom. The highest BCUT2D eigenvalue weighted by atomic mass is 16.3. The molecule has 114 valence electrons. The molecule has 1 rings (SSSR count). The summed E-state index contributed by atoms with van der Waals surface area (Å²) in [6.07, 6.45) is 6.70. The Morgan fingerprint density at radius 1 is 1.40 bits per heavy atom. The SMILES string of the molecule is CCCCCCNC(=O)c1coc(C(N)CC(C)C)n1. The van der Waals surface area contributed by atoms with E-state index in [4.69, 9.17) is 10.2 Å². The number of carbonyl (C=O) groups excluding carboxylic acids is 1.